The molecule has 3 N–H and O–H groups in total. The van der Waals surface area contributed by atoms with Crippen molar-refractivity contribution in [3.05, 3.63) is 70.8 Å². The number of carbonyl (C=O) groups is 1. The highest BCUT2D eigenvalue weighted by atomic mass is 127. The molecule has 3 rings (SSSR count). The summed E-state index contributed by atoms with van der Waals surface area (Å²) in [6, 6.07) is 16.6. The van der Waals surface area contributed by atoms with Gasteiger partial charge in [-0.3, -0.25) is 14.7 Å². The number of nitrogens with zero attached hydrogens (tertiary/aromatic N) is 2. The van der Waals surface area contributed by atoms with Crippen molar-refractivity contribution in [1.29, 1.82) is 0 Å². The van der Waals surface area contributed by atoms with E-state index in [1.54, 1.807) is 14.1 Å². The van der Waals surface area contributed by atoms with Crippen LogP contribution in [0.3, 0.4) is 0 Å². The summed E-state index contributed by atoms with van der Waals surface area (Å²) in [5.41, 5.74) is 4.42. The predicted molar refractivity (Wildman–Crippen MR) is 152 cm³/mol. The van der Waals surface area contributed by atoms with Crippen LogP contribution < -0.4 is 16.0 Å². The fourth-order valence-corrected chi connectivity index (χ4v) is 4.69. The maximum atomic E-state index is 11.8. The van der Waals surface area contributed by atoms with E-state index in [0.29, 0.717) is 5.56 Å². The standard InChI is InChI=1S/C27H39N5O.HI/c1-20-14-21(2)18-32(17-20)19-24-10-8-23(9-11-24)16-31-27(29-4)30-13-12-22-6-5-7-25(15-22)26(33)28-3;/h5-11,15,20-21H,12-14,16-19H2,1-4H3,(H,28,33)(H2,29,30,31);1H. The molecule has 1 aliphatic heterocycles. The van der Waals surface area contributed by atoms with Gasteiger partial charge in [-0.05, 0) is 53.5 Å². The van der Waals surface area contributed by atoms with Gasteiger partial charge in [0.2, 0.25) is 0 Å². The number of aliphatic imine (C=N–C) groups is 1. The number of nitrogens with one attached hydrogen (secondary N) is 3. The fraction of sp³-hybridized carbons (Fsp3) is 0.481. The molecule has 2 aromatic rings. The Balaban J connectivity index is 0.00000408. The summed E-state index contributed by atoms with van der Waals surface area (Å²) < 4.78 is 0. The second-order valence-corrected chi connectivity index (χ2v) is 9.34. The summed E-state index contributed by atoms with van der Waals surface area (Å²) in [4.78, 5) is 18.7. The van der Waals surface area contributed by atoms with Crippen LogP contribution in [0.4, 0.5) is 0 Å². The average molecular weight is 578 g/mol. The van der Waals surface area contributed by atoms with Crippen molar-refractivity contribution < 1.29 is 4.79 Å². The first-order chi connectivity index (χ1) is 16.0. The molecule has 34 heavy (non-hydrogen) atoms. The Bertz CT molecular complexity index is 921. The zero-order valence-electron chi connectivity index (χ0n) is 20.9. The summed E-state index contributed by atoms with van der Waals surface area (Å²) in [6.45, 7) is 9.62. The van der Waals surface area contributed by atoms with Crippen molar-refractivity contribution in [3.8, 4) is 0 Å². The zero-order chi connectivity index (χ0) is 23.6. The highest BCUT2D eigenvalue weighted by Gasteiger charge is 2.21. The van der Waals surface area contributed by atoms with Crippen LogP contribution in [0, 0.1) is 11.8 Å². The summed E-state index contributed by atoms with van der Waals surface area (Å²) >= 11 is 0. The quantitative estimate of drug-likeness (QED) is 0.252. The minimum Gasteiger partial charge on any atom is -0.356 e. The van der Waals surface area contributed by atoms with Gasteiger partial charge in [-0.1, -0.05) is 50.2 Å². The number of likely N-dealkylation sites (tertiary alicyclic amines) is 1. The van der Waals surface area contributed by atoms with Gasteiger partial charge in [0.05, 0.1) is 0 Å². The number of carbonyl (C=O) groups excluding carboxylic acids is 1. The first kappa shape index (κ1) is 28.1. The number of guanidine groups is 1. The smallest absolute Gasteiger partial charge is 0.251 e. The number of rotatable bonds is 8. The SMILES string of the molecule is CN=C(NCCc1cccc(C(=O)NC)c1)NCc1ccc(CN2CC(C)CC(C)C2)cc1.I. The van der Waals surface area contributed by atoms with Crippen molar-refractivity contribution in [2.75, 3.05) is 33.7 Å². The summed E-state index contributed by atoms with van der Waals surface area (Å²) in [5.74, 6) is 2.29. The third-order valence-electron chi connectivity index (χ3n) is 6.18. The molecule has 6 nitrogen and oxygen atoms in total. The predicted octanol–water partition coefficient (Wildman–Crippen LogP) is 4.05. The molecule has 0 radical (unpaired) electrons. The topological polar surface area (TPSA) is 68.8 Å². The average Bonchev–Trinajstić information content (AvgIpc) is 2.81. The highest BCUT2D eigenvalue weighted by molar-refractivity contribution is 14.0. The number of piperidine rings is 1. The van der Waals surface area contributed by atoms with E-state index in [1.807, 2.05) is 24.3 Å². The normalized spacial score (nSPS) is 18.6. The highest BCUT2D eigenvalue weighted by Crippen LogP contribution is 2.22. The Hall–Kier alpha value is -2.13. The molecule has 2 unspecified atom stereocenters. The van der Waals surface area contributed by atoms with Crippen LogP contribution in [-0.4, -0.2) is 50.5 Å². The Kier molecular flexibility index (Phi) is 11.8. The Morgan fingerprint density at radius 3 is 2.32 bits per heavy atom. The molecule has 0 aromatic heterocycles. The molecule has 1 aliphatic rings. The molecule has 1 saturated heterocycles. The minimum atomic E-state index is -0.0617. The maximum absolute atomic E-state index is 11.8. The Labute approximate surface area is 222 Å². The van der Waals surface area contributed by atoms with Gasteiger partial charge in [0.15, 0.2) is 5.96 Å². The Morgan fingerprint density at radius 2 is 1.68 bits per heavy atom. The van der Waals surface area contributed by atoms with Gasteiger partial charge >= 0.3 is 0 Å². The van der Waals surface area contributed by atoms with Crippen LogP contribution >= 0.6 is 24.0 Å². The lowest BCUT2D eigenvalue weighted by atomic mass is 9.91. The second-order valence-electron chi connectivity index (χ2n) is 9.34. The lowest BCUT2D eigenvalue weighted by Crippen LogP contribution is -2.38. The van der Waals surface area contributed by atoms with E-state index in [0.717, 1.165) is 49.4 Å². The van der Waals surface area contributed by atoms with Crippen molar-refractivity contribution in [2.45, 2.75) is 39.8 Å². The first-order valence-electron chi connectivity index (χ1n) is 12.0. The molecule has 1 amide bonds. The number of halogens is 1. The lowest BCUT2D eigenvalue weighted by Gasteiger charge is -2.35. The molecule has 186 valence electrons. The van der Waals surface area contributed by atoms with Gasteiger partial charge in [-0.15, -0.1) is 24.0 Å². The molecule has 0 bridgehead atoms. The van der Waals surface area contributed by atoms with Crippen molar-refractivity contribution in [3.63, 3.8) is 0 Å². The van der Waals surface area contributed by atoms with Crippen molar-refractivity contribution in [1.82, 2.24) is 20.9 Å². The van der Waals surface area contributed by atoms with E-state index >= 15 is 0 Å². The van der Waals surface area contributed by atoms with E-state index in [-0.39, 0.29) is 29.9 Å². The zero-order valence-corrected chi connectivity index (χ0v) is 23.3. The maximum Gasteiger partial charge on any atom is 0.251 e. The molecule has 0 spiro atoms. The molecule has 0 saturated carbocycles. The lowest BCUT2D eigenvalue weighted by molar-refractivity contribution is 0.0963. The molecular formula is C27H40IN5O. The van der Waals surface area contributed by atoms with Gasteiger partial charge in [0.25, 0.3) is 5.91 Å². The molecule has 7 heteroatoms. The number of benzene rings is 2. The monoisotopic (exact) mass is 577 g/mol. The third kappa shape index (κ3) is 8.91. The number of amides is 1. The number of hydrogen-bond acceptors (Lipinski definition) is 3. The van der Waals surface area contributed by atoms with Gasteiger partial charge in [-0.2, -0.15) is 0 Å². The van der Waals surface area contributed by atoms with Crippen LogP contribution in [0.15, 0.2) is 53.5 Å². The van der Waals surface area contributed by atoms with Crippen molar-refractivity contribution in [2.24, 2.45) is 16.8 Å². The van der Waals surface area contributed by atoms with Crippen LogP contribution in [0.25, 0.3) is 0 Å². The largest absolute Gasteiger partial charge is 0.356 e. The van der Waals surface area contributed by atoms with E-state index in [9.17, 15) is 4.79 Å². The second kappa shape index (κ2) is 14.3. The van der Waals surface area contributed by atoms with Crippen molar-refractivity contribution >= 4 is 35.8 Å². The van der Waals surface area contributed by atoms with Gasteiger partial charge in [-0.25, -0.2) is 0 Å². The van der Waals surface area contributed by atoms with Crippen LogP contribution in [-0.2, 0) is 19.5 Å². The van der Waals surface area contributed by atoms with Gasteiger partial charge in [0.1, 0.15) is 0 Å². The Morgan fingerprint density at radius 1 is 1.00 bits per heavy atom. The fourth-order valence-electron chi connectivity index (χ4n) is 4.69. The van der Waals surface area contributed by atoms with Gasteiger partial charge < -0.3 is 16.0 Å². The minimum absolute atomic E-state index is 0. The van der Waals surface area contributed by atoms with Crippen LogP contribution in [0.2, 0.25) is 0 Å². The molecule has 1 fully saturated rings. The summed E-state index contributed by atoms with van der Waals surface area (Å²) in [6.07, 6.45) is 2.16. The van der Waals surface area contributed by atoms with E-state index < -0.39 is 0 Å². The first-order valence-corrected chi connectivity index (χ1v) is 12.0. The summed E-state index contributed by atoms with van der Waals surface area (Å²) in [7, 11) is 3.43. The van der Waals surface area contributed by atoms with E-state index in [4.69, 9.17) is 0 Å². The molecule has 0 aliphatic carbocycles. The van der Waals surface area contributed by atoms with Crippen LogP contribution in [0.1, 0.15) is 47.3 Å². The van der Waals surface area contributed by atoms with E-state index in [1.165, 1.54) is 30.6 Å². The third-order valence-corrected chi connectivity index (χ3v) is 6.18. The molecule has 1 heterocycles. The summed E-state index contributed by atoms with van der Waals surface area (Å²) in [5, 5.41) is 9.41. The molecule has 2 aromatic carbocycles. The molecule has 2 atom stereocenters. The van der Waals surface area contributed by atoms with E-state index in [2.05, 4.69) is 64.0 Å². The van der Waals surface area contributed by atoms with Crippen LogP contribution in [0.5, 0.6) is 0 Å². The van der Waals surface area contributed by atoms with Gasteiger partial charge in [0, 0.05) is 52.4 Å². The number of hydrogen-bond donors (Lipinski definition) is 3. The molecular weight excluding hydrogens is 537 g/mol.